The first-order chi connectivity index (χ1) is 45.6. The van der Waals surface area contributed by atoms with Gasteiger partial charge in [0.1, 0.15) is 11.5 Å². The van der Waals surface area contributed by atoms with Crippen LogP contribution in [0.15, 0.2) is 328 Å². The number of aromatic nitrogens is 4. The van der Waals surface area contributed by atoms with E-state index in [1.54, 1.807) is 0 Å². The Morgan fingerprint density at radius 3 is 1.47 bits per heavy atom. The van der Waals surface area contributed by atoms with Crippen molar-refractivity contribution in [3.05, 3.63) is 372 Å². The van der Waals surface area contributed by atoms with Crippen LogP contribution in [0.25, 0.3) is 133 Å². The number of nitrogens with one attached hydrogen (secondary N) is 1. The smallest absolute Gasteiger partial charge is 0.292 e. The average molecular weight is 1170 g/mol. The molecule has 0 saturated carbocycles. The van der Waals surface area contributed by atoms with Crippen LogP contribution in [-0.2, 0) is 10.8 Å². The highest BCUT2D eigenvalue weighted by atomic mass is 15.1. The first-order valence-electron chi connectivity index (χ1n) is 31.9. The number of aromatic amines is 1. The fourth-order valence-electron chi connectivity index (χ4n) is 17.0. The Kier molecular flexibility index (Phi) is 10.7. The molecule has 4 nitrogen and oxygen atoms in total. The quantitative estimate of drug-likeness (QED) is 0.131. The van der Waals surface area contributed by atoms with Crippen LogP contribution in [0.2, 0.25) is 0 Å². The van der Waals surface area contributed by atoms with E-state index in [4.69, 9.17) is 4.98 Å². The standard InChI is InChI=1S/C88H54N4/c1-3-25-61(26-4-1)91-81-41-21-19-39-79(81)89-85(91)59-45-48-65-63-29-13-15-35-71(63)87(76(65)53-59)73-37-17-18-38-74(73)88(72-36-16-14-30-64(72)66-49-46-60(54-77(66)88)86-90-80-40-20-22-42-82(80)92(86)62-27-5-2-6-28-62)78-52-58(47-50-75(78)87)84-69-33-11-9-31-67(69)83(68-32-10-12-34-70(68)84)57-44-43-55-23-7-8-24-56(55)51-57/h1-54H/p+1. The van der Waals surface area contributed by atoms with Crippen LogP contribution in [0.1, 0.15) is 44.5 Å². The predicted octanol–water partition coefficient (Wildman–Crippen LogP) is 21.0. The van der Waals surface area contributed by atoms with Crippen molar-refractivity contribution in [1.82, 2.24) is 14.5 Å². The van der Waals surface area contributed by atoms with Gasteiger partial charge in [0.05, 0.1) is 27.4 Å². The Balaban J connectivity index is 0.920. The molecule has 0 aliphatic heterocycles. The molecule has 2 heterocycles. The zero-order valence-corrected chi connectivity index (χ0v) is 50.0. The largest absolute Gasteiger partial charge is 0.292 e. The zero-order valence-electron chi connectivity index (χ0n) is 50.0. The normalized spacial score (nSPS) is 15.7. The average Bonchev–Trinajstić information content (AvgIpc) is 1.42. The van der Waals surface area contributed by atoms with Gasteiger partial charge in [-0.2, -0.15) is 4.57 Å². The molecule has 15 aromatic carbocycles. The second kappa shape index (κ2) is 19.3. The van der Waals surface area contributed by atoms with Crippen LogP contribution in [0.5, 0.6) is 0 Å². The molecule has 0 amide bonds. The van der Waals surface area contributed by atoms with Gasteiger partial charge in [-0.15, -0.1) is 0 Å². The minimum atomic E-state index is -0.814. The van der Waals surface area contributed by atoms with Crippen molar-refractivity contribution < 1.29 is 4.57 Å². The zero-order chi connectivity index (χ0) is 60.2. The van der Waals surface area contributed by atoms with E-state index < -0.39 is 10.8 Å². The van der Waals surface area contributed by atoms with E-state index in [0.717, 1.165) is 56.2 Å². The number of H-pyrrole nitrogens is 1. The molecule has 0 saturated heterocycles. The molecule has 92 heavy (non-hydrogen) atoms. The van der Waals surface area contributed by atoms with Crippen LogP contribution < -0.4 is 4.57 Å². The summed E-state index contributed by atoms with van der Waals surface area (Å²) in [5, 5.41) is 7.35. The Morgan fingerprint density at radius 1 is 0.315 bits per heavy atom. The second-order valence-electron chi connectivity index (χ2n) is 25.1. The number of benzene rings is 15. The summed E-state index contributed by atoms with van der Waals surface area (Å²) in [4.78, 5) is 9.50. The van der Waals surface area contributed by atoms with E-state index in [0.29, 0.717) is 0 Å². The van der Waals surface area contributed by atoms with Gasteiger partial charge in [-0.1, -0.05) is 249 Å². The van der Waals surface area contributed by atoms with Crippen molar-refractivity contribution >= 4 is 54.4 Å². The summed E-state index contributed by atoms with van der Waals surface area (Å²) in [6.07, 6.45) is 0. The third-order valence-electron chi connectivity index (χ3n) is 20.7. The maximum atomic E-state index is 5.53. The lowest BCUT2D eigenvalue weighted by atomic mass is 9.52. The maximum Gasteiger partial charge on any atom is 0.292 e. The van der Waals surface area contributed by atoms with E-state index in [9.17, 15) is 0 Å². The number of hydrogen-bond donors (Lipinski definition) is 1. The van der Waals surface area contributed by atoms with Crippen LogP contribution in [0, 0.1) is 0 Å². The fourth-order valence-corrected chi connectivity index (χ4v) is 17.0. The molecule has 2 atom stereocenters. The van der Waals surface area contributed by atoms with E-state index in [-0.39, 0.29) is 0 Å². The van der Waals surface area contributed by atoms with Gasteiger partial charge in [0, 0.05) is 11.3 Å². The Bertz CT molecular complexity index is 5910. The van der Waals surface area contributed by atoms with Gasteiger partial charge >= 0.3 is 0 Å². The van der Waals surface area contributed by atoms with Gasteiger partial charge in [-0.25, -0.2) is 9.97 Å². The first kappa shape index (κ1) is 51.0. The van der Waals surface area contributed by atoms with Crippen molar-refractivity contribution in [2.75, 3.05) is 0 Å². The molecular weight excluding hydrogens is 1110 g/mol. The van der Waals surface area contributed by atoms with Gasteiger partial charge in [0.2, 0.25) is 0 Å². The number of fused-ring (bicyclic) bond motifs is 21. The van der Waals surface area contributed by atoms with E-state index in [1.807, 2.05) is 0 Å². The number of nitrogens with zero attached hydrogens (tertiary/aromatic N) is 3. The molecule has 17 aromatic rings. The van der Waals surface area contributed by atoms with Gasteiger partial charge < -0.3 is 0 Å². The van der Waals surface area contributed by atoms with Crippen LogP contribution in [-0.4, -0.2) is 14.5 Å². The summed E-state index contributed by atoms with van der Waals surface area (Å²) in [7, 11) is 0. The van der Waals surface area contributed by atoms with Crippen molar-refractivity contribution in [2.45, 2.75) is 10.8 Å². The summed E-state index contributed by atoms with van der Waals surface area (Å²) < 4.78 is 4.74. The van der Waals surface area contributed by atoms with Crippen molar-refractivity contribution in [3.63, 3.8) is 0 Å². The highest BCUT2D eigenvalue weighted by Crippen LogP contribution is 2.68. The molecule has 4 heteroatoms. The molecule has 3 aliphatic carbocycles. The van der Waals surface area contributed by atoms with Gasteiger partial charge in [-0.05, 0) is 200 Å². The molecule has 2 spiro atoms. The lowest BCUT2D eigenvalue weighted by molar-refractivity contribution is -0.554. The molecule has 426 valence electrons. The monoisotopic (exact) mass is 1170 g/mol. The topological polar surface area (TPSA) is 37.5 Å². The Labute approximate surface area is 531 Å². The Morgan fingerprint density at radius 2 is 0.783 bits per heavy atom. The molecule has 2 unspecified atom stereocenters. The summed E-state index contributed by atoms with van der Waals surface area (Å²) in [5.41, 5.74) is 26.9. The van der Waals surface area contributed by atoms with Gasteiger partial charge in [-0.3, -0.25) is 4.57 Å². The minimum absolute atomic E-state index is 0.784. The van der Waals surface area contributed by atoms with Crippen LogP contribution in [0.4, 0.5) is 0 Å². The lowest BCUT2D eigenvalue weighted by Crippen LogP contribution is -2.44. The molecular formula is C88H55N4+. The minimum Gasteiger partial charge on any atom is -0.292 e. The van der Waals surface area contributed by atoms with Gasteiger partial charge in [0.15, 0.2) is 11.0 Å². The number of rotatable bonds is 6. The summed E-state index contributed by atoms with van der Waals surface area (Å²) in [6.45, 7) is 0. The number of hydrogen-bond acceptors (Lipinski definition) is 1. The third-order valence-corrected chi connectivity index (χ3v) is 20.7. The second-order valence-corrected chi connectivity index (χ2v) is 25.1. The van der Waals surface area contributed by atoms with E-state index >= 15 is 0 Å². The van der Waals surface area contributed by atoms with Crippen LogP contribution >= 0.6 is 0 Å². The molecule has 0 fully saturated rings. The third kappa shape index (κ3) is 6.85. The SMILES string of the molecule is c1ccc(-n2c(-c3ccc4c(c3)C3(c5ccccc5-4)c4ccccc4C4(c5ccccc5-c5ccc(-c6[nH]c7ccccc7[n+]6-c6ccccc6)cc54)c4cc(-c5c6ccccc6c(-c6ccc7ccccc7c6)c6ccccc56)ccc43)nc3ccccc32)cc1. The first-order valence-corrected chi connectivity index (χ1v) is 31.9. The highest BCUT2D eigenvalue weighted by Gasteiger charge is 2.59. The number of para-hydroxylation sites is 6. The Hall–Kier alpha value is -12.0. The summed E-state index contributed by atoms with van der Waals surface area (Å²) >= 11 is 0. The molecule has 0 bridgehead atoms. The van der Waals surface area contributed by atoms with E-state index in [2.05, 4.69) is 342 Å². The summed E-state index contributed by atoms with van der Waals surface area (Å²) in [5.74, 6) is 1.93. The van der Waals surface area contributed by atoms with Crippen molar-refractivity contribution in [1.29, 1.82) is 0 Å². The highest BCUT2D eigenvalue weighted by molar-refractivity contribution is 6.22. The summed E-state index contributed by atoms with van der Waals surface area (Å²) in [6, 6.07) is 123. The molecule has 20 rings (SSSR count). The molecule has 3 aliphatic rings. The molecule has 0 radical (unpaired) electrons. The predicted molar refractivity (Wildman–Crippen MR) is 377 cm³/mol. The van der Waals surface area contributed by atoms with Crippen LogP contribution in [0.3, 0.4) is 0 Å². The lowest BCUT2D eigenvalue weighted by Gasteiger charge is -2.49. The van der Waals surface area contributed by atoms with Crippen molar-refractivity contribution in [2.24, 2.45) is 0 Å². The molecule has 2 aromatic heterocycles. The van der Waals surface area contributed by atoms with E-state index in [1.165, 1.54) is 121 Å². The molecule has 1 N–H and O–H groups in total. The van der Waals surface area contributed by atoms with Gasteiger partial charge in [0.25, 0.3) is 5.82 Å². The van der Waals surface area contributed by atoms with Crippen molar-refractivity contribution in [3.8, 4) is 78.7 Å². The number of imidazole rings is 2. The maximum absolute atomic E-state index is 5.53. The fraction of sp³-hybridized carbons (Fsp3) is 0.0227.